The summed E-state index contributed by atoms with van der Waals surface area (Å²) < 4.78 is 5.06. The van der Waals surface area contributed by atoms with Crippen molar-refractivity contribution in [3.05, 3.63) is 42.2 Å². The molecule has 0 heterocycles. The van der Waals surface area contributed by atoms with Gasteiger partial charge < -0.3 is 4.74 Å². The lowest BCUT2D eigenvalue weighted by atomic mass is 10.2. The van der Waals surface area contributed by atoms with Gasteiger partial charge in [-0.3, -0.25) is 0 Å². The standard InChI is InChI=1S/C10H12O/c1-2-11-9-8-10-6-4-3-5-7-10/h3-9H,2H2,1H3/b9-8+. The molecule has 0 spiro atoms. The Labute approximate surface area is 67.3 Å². The second-order valence-corrected chi connectivity index (χ2v) is 2.17. The van der Waals surface area contributed by atoms with E-state index in [1.165, 1.54) is 5.56 Å². The summed E-state index contributed by atoms with van der Waals surface area (Å²) in [5.74, 6) is 0. The van der Waals surface area contributed by atoms with Gasteiger partial charge in [0.25, 0.3) is 0 Å². The second kappa shape index (κ2) is 4.56. The van der Waals surface area contributed by atoms with Gasteiger partial charge in [-0.15, -0.1) is 0 Å². The van der Waals surface area contributed by atoms with Crippen LogP contribution in [0.5, 0.6) is 0 Å². The molecule has 0 unspecified atom stereocenters. The van der Waals surface area contributed by atoms with Crippen molar-refractivity contribution < 1.29 is 4.74 Å². The van der Waals surface area contributed by atoms with Crippen LogP contribution in [0, 0.1) is 0 Å². The SMILES string of the molecule is CCO/C=C/c1ccccc1. The largest absolute Gasteiger partial charge is 0.501 e. The van der Waals surface area contributed by atoms with E-state index in [2.05, 4.69) is 0 Å². The first-order valence-corrected chi connectivity index (χ1v) is 3.76. The molecule has 1 aromatic rings. The molecular weight excluding hydrogens is 136 g/mol. The summed E-state index contributed by atoms with van der Waals surface area (Å²) >= 11 is 0. The molecule has 0 amide bonds. The average Bonchev–Trinajstić information content (AvgIpc) is 2.07. The van der Waals surface area contributed by atoms with E-state index in [0.717, 1.165) is 6.61 Å². The molecule has 0 aromatic heterocycles. The van der Waals surface area contributed by atoms with Gasteiger partial charge in [0, 0.05) is 0 Å². The lowest BCUT2D eigenvalue weighted by Crippen LogP contribution is -1.76. The Kier molecular flexibility index (Phi) is 3.26. The fourth-order valence-corrected chi connectivity index (χ4v) is 0.787. The first kappa shape index (κ1) is 7.86. The number of ether oxygens (including phenoxy) is 1. The van der Waals surface area contributed by atoms with E-state index in [1.807, 2.05) is 43.3 Å². The van der Waals surface area contributed by atoms with Crippen LogP contribution in [-0.4, -0.2) is 6.61 Å². The molecule has 58 valence electrons. The molecule has 0 radical (unpaired) electrons. The number of benzene rings is 1. The maximum atomic E-state index is 5.06. The van der Waals surface area contributed by atoms with Crippen molar-refractivity contribution in [3.63, 3.8) is 0 Å². The molecule has 0 bridgehead atoms. The predicted octanol–water partition coefficient (Wildman–Crippen LogP) is 2.69. The molecule has 0 atom stereocenters. The summed E-state index contributed by atoms with van der Waals surface area (Å²) in [6.45, 7) is 2.69. The Hall–Kier alpha value is -1.24. The summed E-state index contributed by atoms with van der Waals surface area (Å²) in [7, 11) is 0. The average molecular weight is 148 g/mol. The van der Waals surface area contributed by atoms with Gasteiger partial charge in [0.05, 0.1) is 12.9 Å². The van der Waals surface area contributed by atoms with E-state index in [0.29, 0.717) is 0 Å². The van der Waals surface area contributed by atoms with Gasteiger partial charge in [0.15, 0.2) is 0 Å². The minimum atomic E-state index is 0.726. The first-order valence-electron chi connectivity index (χ1n) is 3.76. The highest BCUT2D eigenvalue weighted by Gasteiger charge is 1.80. The number of hydrogen-bond acceptors (Lipinski definition) is 1. The molecule has 0 aliphatic rings. The molecule has 0 N–H and O–H groups in total. The summed E-state index contributed by atoms with van der Waals surface area (Å²) in [6, 6.07) is 10.1. The van der Waals surface area contributed by atoms with E-state index in [4.69, 9.17) is 4.74 Å². The van der Waals surface area contributed by atoms with Crippen LogP contribution < -0.4 is 0 Å². The Morgan fingerprint density at radius 1 is 1.27 bits per heavy atom. The highest BCUT2D eigenvalue weighted by molar-refractivity contribution is 5.47. The third-order valence-corrected chi connectivity index (χ3v) is 1.32. The van der Waals surface area contributed by atoms with Crippen LogP contribution in [0.3, 0.4) is 0 Å². The summed E-state index contributed by atoms with van der Waals surface area (Å²) in [4.78, 5) is 0. The summed E-state index contributed by atoms with van der Waals surface area (Å²) in [5.41, 5.74) is 1.17. The zero-order chi connectivity index (χ0) is 7.94. The van der Waals surface area contributed by atoms with E-state index in [-0.39, 0.29) is 0 Å². The third kappa shape index (κ3) is 2.89. The molecule has 11 heavy (non-hydrogen) atoms. The topological polar surface area (TPSA) is 9.23 Å². The van der Waals surface area contributed by atoms with Gasteiger partial charge in [-0.05, 0) is 18.6 Å². The van der Waals surface area contributed by atoms with E-state index in [9.17, 15) is 0 Å². The van der Waals surface area contributed by atoms with Gasteiger partial charge >= 0.3 is 0 Å². The van der Waals surface area contributed by atoms with Crippen molar-refractivity contribution >= 4 is 6.08 Å². The van der Waals surface area contributed by atoms with Gasteiger partial charge in [-0.1, -0.05) is 30.3 Å². The van der Waals surface area contributed by atoms with Gasteiger partial charge in [-0.25, -0.2) is 0 Å². The predicted molar refractivity (Wildman–Crippen MR) is 47.1 cm³/mol. The summed E-state index contributed by atoms with van der Waals surface area (Å²) in [5, 5.41) is 0. The van der Waals surface area contributed by atoms with Gasteiger partial charge in [0.1, 0.15) is 0 Å². The highest BCUT2D eigenvalue weighted by atomic mass is 16.5. The fourth-order valence-electron chi connectivity index (χ4n) is 0.787. The van der Waals surface area contributed by atoms with E-state index < -0.39 is 0 Å². The van der Waals surface area contributed by atoms with Crippen LogP contribution >= 0.6 is 0 Å². The first-order chi connectivity index (χ1) is 5.43. The second-order valence-electron chi connectivity index (χ2n) is 2.17. The molecule has 0 fully saturated rings. The summed E-state index contributed by atoms with van der Waals surface area (Å²) in [6.07, 6.45) is 3.67. The lowest BCUT2D eigenvalue weighted by Gasteiger charge is -1.92. The maximum absolute atomic E-state index is 5.06. The minimum absolute atomic E-state index is 0.726. The Bertz CT molecular complexity index is 214. The van der Waals surface area contributed by atoms with Crippen molar-refractivity contribution in [1.29, 1.82) is 0 Å². The number of hydrogen-bond donors (Lipinski definition) is 0. The van der Waals surface area contributed by atoms with Crippen LogP contribution in [0.15, 0.2) is 36.6 Å². The highest BCUT2D eigenvalue weighted by Crippen LogP contribution is 2.00. The lowest BCUT2D eigenvalue weighted by molar-refractivity contribution is 0.272. The van der Waals surface area contributed by atoms with Crippen LogP contribution in [0.4, 0.5) is 0 Å². The van der Waals surface area contributed by atoms with Crippen LogP contribution in [0.2, 0.25) is 0 Å². The van der Waals surface area contributed by atoms with Crippen molar-refractivity contribution in [2.45, 2.75) is 6.92 Å². The molecule has 0 saturated heterocycles. The molecular formula is C10H12O. The normalized spacial score (nSPS) is 10.3. The Morgan fingerprint density at radius 3 is 2.64 bits per heavy atom. The molecule has 0 aliphatic carbocycles. The minimum Gasteiger partial charge on any atom is -0.501 e. The van der Waals surface area contributed by atoms with E-state index in [1.54, 1.807) is 6.26 Å². The molecule has 0 saturated carbocycles. The fraction of sp³-hybridized carbons (Fsp3) is 0.200. The molecule has 1 nitrogen and oxygen atoms in total. The van der Waals surface area contributed by atoms with Gasteiger partial charge in [0.2, 0.25) is 0 Å². The maximum Gasteiger partial charge on any atom is 0.0845 e. The quantitative estimate of drug-likeness (QED) is 0.599. The molecule has 1 heteroatoms. The van der Waals surface area contributed by atoms with Crippen molar-refractivity contribution in [1.82, 2.24) is 0 Å². The number of rotatable bonds is 3. The zero-order valence-corrected chi connectivity index (χ0v) is 6.66. The smallest absolute Gasteiger partial charge is 0.0845 e. The van der Waals surface area contributed by atoms with Crippen LogP contribution in [-0.2, 0) is 4.74 Å². The molecule has 1 rings (SSSR count). The third-order valence-electron chi connectivity index (χ3n) is 1.32. The van der Waals surface area contributed by atoms with Crippen LogP contribution in [0.1, 0.15) is 12.5 Å². The monoisotopic (exact) mass is 148 g/mol. The van der Waals surface area contributed by atoms with Gasteiger partial charge in [-0.2, -0.15) is 0 Å². The van der Waals surface area contributed by atoms with Crippen molar-refractivity contribution in [3.8, 4) is 0 Å². The van der Waals surface area contributed by atoms with E-state index >= 15 is 0 Å². The molecule has 0 aliphatic heterocycles. The zero-order valence-electron chi connectivity index (χ0n) is 6.66. The Balaban J connectivity index is 2.50. The van der Waals surface area contributed by atoms with Crippen molar-refractivity contribution in [2.24, 2.45) is 0 Å². The van der Waals surface area contributed by atoms with Crippen molar-refractivity contribution in [2.75, 3.05) is 6.61 Å². The van der Waals surface area contributed by atoms with Crippen LogP contribution in [0.25, 0.3) is 6.08 Å². The Morgan fingerprint density at radius 2 is 2.00 bits per heavy atom. The molecule has 1 aromatic carbocycles.